The molecule has 5 rings (SSSR count). The molecule has 0 aromatic carbocycles. The quantitative estimate of drug-likeness (QED) is 0.229. The third-order valence-electron chi connectivity index (χ3n) is 6.94. The summed E-state index contributed by atoms with van der Waals surface area (Å²) in [6.07, 6.45) is 4.69. The zero-order chi connectivity index (χ0) is 26.4. The van der Waals surface area contributed by atoms with Crippen molar-refractivity contribution >= 4 is 33.3 Å². The van der Waals surface area contributed by atoms with Gasteiger partial charge in [0, 0.05) is 31.1 Å². The van der Waals surface area contributed by atoms with Crippen LogP contribution >= 0.6 is 11.3 Å². The number of hydrogen-bond donors (Lipinski definition) is 5. The fourth-order valence-electron chi connectivity index (χ4n) is 4.86. The van der Waals surface area contributed by atoms with Crippen molar-refractivity contribution in [2.45, 2.75) is 64.5 Å². The Morgan fingerprint density at radius 3 is 2.51 bits per heavy atom. The summed E-state index contributed by atoms with van der Waals surface area (Å²) in [5.74, 6) is 0.221. The Kier molecular flexibility index (Phi) is 6.57. The van der Waals surface area contributed by atoms with E-state index in [1.165, 1.54) is 11.3 Å². The first-order valence-electron chi connectivity index (χ1n) is 12.2. The molecule has 0 bridgehead atoms. The summed E-state index contributed by atoms with van der Waals surface area (Å²) in [7, 11) is 0. The number of aryl methyl sites for hydroxylation is 2. The molecular weight excluding hydrogens is 490 g/mol. The van der Waals surface area contributed by atoms with Crippen LogP contribution in [0.5, 0.6) is 0 Å². The second-order valence-corrected chi connectivity index (χ2v) is 11.2. The minimum Gasteiger partial charge on any atom is -0.390 e. The number of anilines is 2. The zero-order valence-electron chi connectivity index (χ0n) is 21.2. The Bertz CT molecular complexity index is 1420. The van der Waals surface area contributed by atoms with Crippen LogP contribution in [-0.2, 0) is 6.54 Å². The van der Waals surface area contributed by atoms with Crippen LogP contribution < -0.4 is 10.6 Å². The molecule has 0 aliphatic heterocycles. The standard InChI is InChI=1S/C26H31N7O3S/c1-14-19(23-31-20-15(2)28-12-8-18(20)37-23)22(32-24(30-14)29-13-16-6-10-27-11-7-16)33-26(36)9-5-17(21(26)34)25(3,4)35/h6-8,10-12,17,21,34-36H,5,9,13H2,1-4H3,(H2,29,30,32,33)/t17-,21+,26+/m0/s1. The van der Waals surface area contributed by atoms with E-state index in [9.17, 15) is 15.3 Å². The molecule has 37 heavy (non-hydrogen) atoms. The van der Waals surface area contributed by atoms with Gasteiger partial charge in [0.25, 0.3) is 0 Å². The number of nitrogens with one attached hydrogen (secondary N) is 2. The minimum atomic E-state index is -1.68. The van der Waals surface area contributed by atoms with Gasteiger partial charge in [-0.2, -0.15) is 4.98 Å². The van der Waals surface area contributed by atoms with Gasteiger partial charge in [0.05, 0.1) is 27.3 Å². The van der Waals surface area contributed by atoms with E-state index in [0.717, 1.165) is 21.5 Å². The van der Waals surface area contributed by atoms with Crippen molar-refractivity contribution < 1.29 is 15.3 Å². The minimum absolute atomic E-state index is 0.244. The van der Waals surface area contributed by atoms with Gasteiger partial charge < -0.3 is 26.0 Å². The zero-order valence-corrected chi connectivity index (χ0v) is 22.0. The van der Waals surface area contributed by atoms with Crippen molar-refractivity contribution in [3.63, 3.8) is 0 Å². The summed E-state index contributed by atoms with van der Waals surface area (Å²) < 4.78 is 0.981. The smallest absolute Gasteiger partial charge is 0.225 e. The highest BCUT2D eigenvalue weighted by Crippen LogP contribution is 2.43. The third-order valence-corrected chi connectivity index (χ3v) is 7.98. The molecule has 194 valence electrons. The first-order valence-corrected chi connectivity index (χ1v) is 13.0. The van der Waals surface area contributed by atoms with Gasteiger partial charge in [0.1, 0.15) is 22.4 Å². The number of aromatic nitrogens is 5. The van der Waals surface area contributed by atoms with Gasteiger partial charge in [0.2, 0.25) is 5.95 Å². The molecule has 0 saturated heterocycles. The number of fused-ring (bicyclic) bond motifs is 1. The van der Waals surface area contributed by atoms with Crippen molar-refractivity contribution in [3.05, 3.63) is 53.7 Å². The normalized spacial score (nSPS) is 21.9. The molecule has 4 aromatic heterocycles. The average Bonchev–Trinajstić information content (AvgIpc) is 3.40. The number of pyridine rings is 2. The Labute approximate surface area is 218 Å². The molecule has 11 heteroatoms. The van der Waals surface area contributed by atoms with Crippen molar-refractivity contribution in [1.82, 2.24) is 24.9 Å². The number of hydrogen-bond acceptors (Lipinski definition) is 11. The van der Waals surface area contributed by atoms with Crippen LogP contribution in [0.3, 0.4) is 0 Å². The lowest BCUT2D eigenvalue weighted by Gasteiger charge is -2.34. The van der Waals surface area contributed by atoms with Crippen LogP contribution in [0.1, 0.15) is 43.6 Å². The van der Waals surface area contributed by atoms with E-state index in [2.05, 4.69) is 25.6 Å². The van der Waals surface area contributed by atoms with E-state index in [-0.39, 0.29) is 6.42 Å². The molecule has 3 atom stereocenters. The van der Waals surface area contributed by atoms with Crippen molar-refractivity contribution in [2.24, 2.45) is 5.92 Å². The van der Waals surface area contributed by atoms with E-state index in [4.69, 9.17) is 9.97 Å². The van der Waals surface area contributed by atoms with Gasteiger partial charge in [-0.25, -0.2) is 9.97 Å². The second kappa shape index (κ2) is 9.56. The Hall–Kier alpha value is -3.25. The first-order chi connectivity index (χ1) is 17.5. The van der Waals surface area contributed by atoms with Gasteiger partial charge >= 0.3 is 0 Å². The maximum Gasteiger partial charge on any atom is 0.225 e. The summed E-state index contributed by atoms with van der Waals surface area (Å²) in [5, 5.41) is 40.1. The van der Waals surface area contributed by atoms with Crippen LogP contribution in [0.25, 0.3) is 20.8 Å². The van der Waals surface area contributed by atoms with Crippen LogP contribution in [-0.4, -0.2) is 57.7 Å². The highest BCUT2D eigenvalue weighted by Gasteiger charge is 2.52. The summed E-state index contributed by atoms with van der Waals surface area (Å²) >= 11 is 1.49. The fourth-order valence-corrected chi connectivity index (χ4v) is 5.97. The maximum absolute atomic E-state index is 11.5. The number of aliphatic hydroxyl groups is 3. The summed E-state index contributed by atoms with van der Waals surface area (Å²) in [6, 6.07) is 5.72. The van der Waals surface area contributed by atoms with Gasteiger partial charge in [-0.15, -0.1) is 11.3 Å². The molecule has 1 saturated carbocycles. The lowest BCUT2D eigenvalue weighted by atomic mass is 9.87. The molecule has 1 fully saturated rings. The summed E-state index contributed by atoms with van der Waals surface area (Å²) in [5.41, 5.74) is 1.11. The Morgan fingerprint density at radius 2 is 1.84 bits per heavy atom. The predicted octanol–water partition coefficient (Wildman–Crippen LogP) is 3.41. The van der Waals surface area contributed by atoms with Crippen LogP contribution in [0.2, 0.25) is 0 Å². The highest BCUT2D eigenvalue weighted by molar-refractivity contribution is 7.21. The average molecular weight is 522 g/mol. The number of nitrogens with zero attached hydrogens (tertiary/aromatic N) is 5. The van der Waals surface area contributed by atoms with E-state index in [1.807, 2.05) is 32.0 Å². The van der Waals surface area contributed by atoms with Crippen LogP contribution in [0, 0.1) is 19.8 Å². The van der Waals surface area contributed by atoms with E-state index >= 15 is 0 Å². The van der Waals surface area contributed by atoms with Crippen LogP contribution in [0.4, 0.5) is 11.8 Å². The van der Waals surface area contributed by atoms with E-state index in [0.29, 0.717) is 41.0 Å². The second-order valence-electron chi connectivity index (χ2n) is 10.1. The van der Waals surface area contributed by atoms with Crippen molar-refractivity contribution in [1.29, 1.82) is 0 Å². The molecule has 1 aliphatic rings. The molecule has 5 N–H and O–H groups in total. The largest absolute Gasteiger partial charge is 0.390 e. The first kappa shape index (κ1) is 25.4. The molecule has 0 radical (unpaired) electrons. The third kappa shape index (κ3) is 4.99. The van der Waals surface area contributed by atoms with Crippen molar-refractivity contribution in [2.75, 3.05) is 10.6 Å². The number of aliphatic hydroxyl groups excluding tert-OH is 1. The van der Waals surface area contributed by atoms with Gasteiger partial charge in [-0.1, -0.05) is 0 Å². The molecule has 0 spiro atoms. The Balaban J connectivity index is 1.56. The lowest BCUT2D eigenvalue weighted by molar-refractivity contribution is -0.0926. The van der Waals surface area contributed by atoms with Crippen molar-refractivity contribution in [3.8, 4) is 10.6 Å². The van der Waals surface area contributed by atoms with Gasteiger partial charge in [-0.3, -0.25) is 9.97 Å². The maximum atomic E-state index is 11.5. The SMILES string of the molecule is Cc1nc(NCc2ccncc2)nc(N[C@@]2(O)CC[C@H](C(C)(C)O)[C@H]2O)c1-c1nc2c(C)nccc2s1. The predicted molar refractivity (Wildman–Crippen MR) is 143 cm³/mol. The molecule has 0 unspecified atom stereocenters. The number of rotatable bonds is 7. The summed E-state index contributed by atoms with van der Waals surface area (Å²) in [6.45, 7) is 7.55. The molecule has 10 nitrogen and oxygen atoms in total. The molecule has 4 heterocycles. The van der Waals surface area contributed by atoms with Gasteiger partial charge in [0.15, 0.2) is 5.72 Å². The molecule has 4 aromatic rings. The van der Waals surface area contributed by atoms with E-state index < -0.39 is 23.3 Å². The topological polar surface area (TPSA) is 149 Å². The number of thiazole rings is 1. The molecular formula is C26H31N7O3S. The highest BCUT2D eigenvalue weighted by atomic mass is 32.1. The molecule has 0 amide bonds. The van der Waals surface area contributed by atoms with Crippen LogP contribution in [0.15, 0.2) is 36.8 Å². The molecule has 1 aliphatic carbocycles. The lowest BCUT2D eigenvalue weighted by Crippen LogP contribution is -2.51. The van der Waals surface area contributed by atoms with E-state index in [1.54, 1.807) is 32.4 Å². The monoisotopic (exact) mass is 521 g/mol. The summed E-state index contributed by atoms with van der Waals surface area (Å²) in [4.78, 5) is 22.6. The van der Waals surface area contributed by atoms with Gasteiger partial charge in [-0.05, 0) is 64.3 Å². The fraction of sp³-hybridized carbons (Fsp3) is 0.423. The Morgan fingerprint density at radius 1 is 1.08 bits per heavy atom.